The molecule has 2 heterocycles. The van der Waals surface area contributed by atoms with Crippen LogP contribution in [-0.4, -0.2) is 41.2 Å². The number of carbonyl (C=O) groups is 1. The lowest BCUT2D eigenvalue weighted by Crippen LogP contribution is -2.42. The molecular weight excluding hydrogens is 474 g/mol. The average Bonchev–Trinajstić information content (AvgIpc) is 3.12. The highest BCUT2D eigenvalue weighted by molar-refractivity contribution is 6.31. The van der Waals surface area contributed by atoms with E-state index in [9.17, 15) is 4.79 Å². The maximum absolute atomic E-state index is 15.3. The summed E-state index contributed by atoms with van der Waals surface area (Å²) in [4.78, 5) is 17.2. The number of nitrogens with zero attached hydrogens (tertiary/aromatic N) is 4. The van der Waals surface area contributed by atoms with E-state index >= 15 is 4.39 Å². The van der Waals surface area contributed by atoms with Gasteiger partial charge in [-0.1, -0.05) is 49.2 Å². The van der Waals surface area contributed by atoms with Crippen molar-refractivity contribution in [1.82, 2.24) is 14.7 Å². The molecule has 8 heteroatoms. The zero-order valence-corrected chi connectivity index (χ0v) is 21.6. The van der Waals surface area contributed by atoms with E-state index in [2.05, 4.69) is 18.7 Å². The fourth-order valence-electron chi connectivity index (χ4n) is 4.74. The fraction of sp³-hybridized carbons (Fsp3) is 0.385. The van der Waals surface area contributed by atoms with Crippen molar-refractivity contribution in [3.8, 4) is 0 Å². The molecule has 0 radical (unpaired) electrons. The molecule has 2 aromatic carbocycles. The van der Waals surface area contributed by atoms with E-state index in [-0.39, 0.29) is 29.0 Å². The first-order chi connectivity index (χ1) is 16.1. The van der Waals surface area contributed by atoms with E-state index in [4.69, 9.17) is 28.3 Å². The molecule has 0 saturated heterocycles. The lowest BCUT2D eigenvalue weighted by atomic mass is 9.85. The first kappa shape index (κ1) is 24.7. The van der Waals surface area contributed by atoms with Crippen LogP contribution in [0.3, 0.4) is 0 Å². The third kappa shape index (κ3) is 4.47. The van der Waals surface area contributed by atoms with Gasteiger partial charge >= 0.3 is 0 Å². The second kappa shape index (κ2) is 9.68. The molecule has 1 amide bonds. The van der Waals surface area contributed by atoms with Crippen LogP contribution in [0.25, 0.3) is 0 Å². The van der Waals surface area contributed by atoms with Crippen molar-refractivity contribution < 1.29 is 9.18 Å². The quantitative estimate of drug-likeness (QED) is 0.414. The first-order valence-electron chi connectivity index (χ1n) is 11.4. The number of carbonyl (C=O) groups excluding carboxylic acids is 1. The zero-order chi connectivity index (χ0) is 24.7. The highest BCUT2D eigenvalue weighted by atomic mass is 35.5. The van der Waals surface area contributed by atoms with Gasteiger partial charge in [0.25, 0.3) is 0 Å². The highest BCUT2D eigenvalue weighted by Gasteiger charge is 2.41. The molecule has 0 aliphatic carbocycles. The number of likely N-dealkylation sites (N-methyl/N-ethyl adjacent to an activating group) is 1. The van der Waals surface area contributed by atoms with Crippen molar-refractivity contribution in [1.29, 1.82) is 0 Å². The Balaban J connectivity index is 2.00. The van der Waals surface area contributed by atoms with Crippen molar-refractivity contribution in [2.24, 2.45) is 0 Å². The molecule has 1 aliphatic heterocycles. The molecule has 0 fully saturated rings. The third-order valence-corrected chi connectivity index (χ3v) is 6.78. The molecule has 3 aromatic rings. The zero-order valence-electron chi connectivity index (χ0n) is 20.1. The van der Waals surface area contributed by atoms with Crippen molar-refractivity contribution in [2.75, 3.05) is 25.5 Å². The summed E-state index contributed by atoms with van der Waals surface area (Å²) in [6.07, 6.45) is 0.0963. The summed E-state index contributed by atoms with van der Waals surface area (Å²) >= 11 is 12.4. The van der Waals surface area contributed by atoms with Crippen LogP contribution in [0, 0.1) is 12.7 Å². The van der Waals surface area contributed by atoms with E-state index in [1.165, 1.54) is 6.07 Å². The molecule has 4 rings (SSSR count). The summed E-state index contributed by atoms with van der Waals surface area (Å²) in [5.74, 6) is -0.683. The molecule has 1 aromatic heterocycles. The maximum Gasteiger partial charge on any atom is 0.234 e. The molecular formula is C26H29Cl2FN4O. The number of rotatable bonds is 6. The van der Waals surface area contributed by atoms with Crippen LogP contribution in [0.15, 0.2) is 36.4 Å². The summed E-state index contributed by atoms with van der Waals surface area (Å²) < 4.78 is 17.3. The number of aromatic nitrogens is 2. The van der Waals surface area contributed by atoms with Gasteiger partial charge < -0.3 is 4.90 Å². The van der Waals surface area contributed by atoms with Gasteiger partial charge in [0.15, 0.2) is 5.82 Å². The highest BCUT2D eigenvalue weighted by Crippen LogP contribution is 2.44. The molecule has 0 N–H and O–H groups in total. The van der Waals surface area contributed by atoms with Crippen LogP contribution in [0.5, 0.6) is 0 Å². The van der Waals surface area contributed by atoms with Gasteiger partial charge in [0.05, 0.1) is 35.4 Å². The first-order valence-corrected chi connectivity index (χ1v) is 12.1. The number of halogens is 3. The summed E-state index contributed by atoms with van der Waals surface area (Å²) in [5, 5.41) is 5.47. The Morgan fingerprint density at radius 2 is 1.94 bits per heavy atom. The van der Waals surface area contributed by atoms with E-state index in [0.29, 0.717) is 11.6 Å². The minimum absolute atomic E-state index is 0.0200. The Morgan fingerprint density at radius 3 is 2.59 bits per heavy atom. The van der Waals surface area contributed by atoms with E-state index in [0.717, 1.165) is 34.6 Å². The van der Waals surface area contributed by atoms with Crippen molar-refractivity contribution in [3.63, 3.8) is 0 Å². The Morgan fingerprint density at radius 1 is 1.21 bits per heavy atom. The van der Waals surface area contributed by atoms with Gasteiger partial charge in [-0.05, 0) is 62.3 Å². The third-order valence-electron chi connectivity index (χ3n) is 6.25. The van der Waals surface area contributed by atoms with Crippen LogP contribution in [0.4, 0.5) is 10.1 Å². The van der Waals surface area contributed by atoms with Crippen LogP contribution in [0.1, 0.15) is 53.9 Å². The smallest absolute Gasteiger partial charge is 0.234 e. The van der Waals surface area contributed by atoms with Crippen LogP contribution in [0.2, 0.25) is 10.0 Å². The monoisotopic (exact) mass is 502 g/mol. The maximum atomic E-state index is 15.3. The predicted molar refractivity (Wildman–Crippen MR) is 136 cm³/mol. The number of benzene rings is 2. The van der Waals surface area contributed by atoms with E-state index in [1.807, 2.05) is 37.8 Å². The number of anilines is 1. The second-order valence-electron chi connectivity index (χ2n) is 9.34. The minimum Gasteiger partial charge on any atom is -0.308 e. The van der Waals surface area contributed by atoms with Crippen LogP contribution < -0.4 is 4.90 Å². The van der Waals surface area contributed by atoms with Gasteiger partial charge in [-0.2, -0.15) is 5.10 Å². The SMILES string of the molecule is Cc1cc(Cl)ccc1C1c2c(nn(CCN(C)C)c2C(C)C)CC(=O)N1c1cccc(Cl)c1F. The number of fused-ring (bicyclic) bond motifs is 1. The number of aryl methyl sites for hydroxylation is 1. The minimum atomic E-state index is -0.608. The standard InChI is InChI=1S/C26H29Cl2FN4O/c1-15(2)25-23-20(30-32(25)12-11-31(4)5)14-22(34)33(21-8-6-7-19(28)24(21)29)26(23)18-10-9-17(27)13-16(18)3/h6-10,13,15,26H,11-12,14H2,1-5H3. The molecule has 1 aliphatic rings. The molecule has 34 heavy (non-hydrogen) atoms. The normalized spacial score (nSPS) is 16.0. The molecule has 0 saturated carbocycles. The topological polar surface area (TPSA) is 41.4 Å². The number of hydrogen-bond acceptors (Lipinski definition) is 3. The van der Waals surface area contributed by atoms with Gasteiger partial charge in [0, 0.05) is 22.8 Å². The van der Waals surface area contributed by atoms with Gasteiger partial charge in [-0.15, -0.1) is 0 Å². The van der Waals surface area contributed by atoms with Gasteiger partial charge in [0.2, 0.25) is 5.91 Å². The van der Waals surface area contributed by atoms with Crippen molar-refractivity contribution in [2.45, 2.75) is 45.7 Å². The molecule has 0 bridgehead atoms. The lowest BCUT2D eigenvalue weighted by molar-refractivity contribution is -0.118. The van der Waals surface area contributed by atoms with Gasteiger partial charge in [-0.25, -0.2) is 4.39 Å². The fourth-order valence-corrected chi connectivity index (χ4v) is 5.13. The Labute approximate surface area is 210 Å². The molecule has 1 atom stereocenters. The molecule has 1 unspecified atom stereocenters. The summed E-state index contributed by atoms with van der Waals surface area (Å²) in [6, 6.07) is 9.80. The Bertz CT molecular complexity index is 1240. The largest absolute Gasteiger partial charge is 0.308 e. The van der Waals surface area contributed by atoms with Crippen LogP contribution >= 0.6 is 23.2 Å². The summed E-state index contributed by atoms with van der Waals surface area (Å²) in [5.41, 5.74) is 4.71. The van der Waals surface area contributed by atoms with Crippen LogP contribution in [-0.2, 0) is 17.8 Å². The summed E-state index contributed by atoms with van der Waals surface area (Å²) in [6.45, 7) is 7.70. The molecule has 180 valence electrons. The van der Waals surface area contributed by atoms with Crippen molar-refractivity contribution in [3.05, 3.63) is 80.3 Å². The Kier molecular flexibility index (Phi) is 7.04. The summed E-state index contributed by atoms with van der Waals surface area (Å²) in [7, 11) is 4.04. The van der Waals surface area contributed by atoms with Crippen molar-refractivity contribution >= 4 is 34.8 Å². The second-order valence-corrected chi connectivity index (χ2v) is 10.2. The average molecular weight is 503 g/mol. The number of amides is 1. The molecule has 0 spiro atoms. The van der Waals surface area contributed by atoms with Gasteiger partial charge in [0.1, 0.15) is 0 Å². The van der Waals surface area contributed by atoms with E-state index < -0.39 is 11.9 Å². The van der Waals surface area contributed by atoms with E-state index in [1.54, 1.807) is 23.1 Å². The lowest BCUT2D eigenvalue weighted by Gasteiger charge is -2.37. The van der Waals surface area contributed by atoms with Gasteiger partial charge in [-0.3, -0.25) is 14.4 Å². The number of hydrogen-bond donors (Lipinski definition) is 0. The molecule has 5 nitrogen and oxygen atoms in total. The predicted octanol–water partition coefficient (Wildman–Crippen LogP) is 6.00. The Hall–Kier alpha value is -2.41.